The van der Waals surface area contributed by atoms with Crippen LogP contribution in [0.3, 0.4) is 0 Å². The summed E-state index contributed by atoms with van der Waals surface area (Å²) in [6.45, 7) is 6.30. The lowest BCUT2D eigenvalue weighted by Gasteiger charge is -2.25. The van der Waals surface area contributed by atoms with E-state index in [-0.39, 0.29) is 74.6 Å². The Hall–Kier alpha value is -13.5. The van der Waals surface area contributed by atoms with E-state index in [0.29, 0.717) is 127 Å². The van der Waals surface area contributed by atoms with Crippen LogP contribution in [-0.2, 0) is 64.1 Å². The predicted octanol–water partition coefficient (Wildman–Crippen LogP) is 24.1. The molecule has 10 heterocycles. The lowest BCUT2D eigenvalue weighted by atomic mass is 9.86. The minimum atomic E-state index is -1.71. The van der Waals surface area contributed by atoms with E-state index >= 15 is 4.39 Å². The molecule has 0 saturated carbocycles. The number of halogens is 9. The van der Waals surface area contributed by atoms with Gasteiger partial charge in [0.2, 0.25) is 11.6 Å². The zero-order chi connectivity index (χ0) is 99.9. The maximum absolute atomic E-state index is 15.9. The van der Waals surface area contributed by atoms with Gasteiger partial charge in [-0.15, -0.1) is 0 Å². The Balaban J connectivity index is 0.000000145. The second-order valence-electron chi connectivity index (χ2n) is 32.4. The number of aromatic amines is 2. The molecular weight excluding hydrogens is 2020 g/mol. The number of carbonyl (C=O) groups is 2. The summed E-state index contributed by atoms with van der Waals surface area (Å²) in [6, 6.07) is 72.6. The molecule has 0 radical (unpaired) electrons. The van der Waals surface area contributed by atoms with E-state index in [1.54, 1.807) is 79.2 Å². The largest absolute Gasteiger partial charge is 0.505 e. The number of nitrogen functional groups attached to an aromatic ring is 1. The summed E-state index contributed by atoms with van der Waals surface area (Å²) in [7, 11) is 0.938. The van der Waals surface area contributed by atoms with Crippen LogP contribution >= 0.6 is 47.8 Å². The van der Waals surface area contributed by atoms with E-state index in [0.717, 1.165) is 99.2 Å². The summed E-state index contributed by atoms with van der Waals surface area (Å²) < 4.78 is 126. The van der Waals surface area contributed by atoms with Gasteiger partial charge in [-0.05, 0) is 157 Å². The van der Waals surface area contributed by atoms with Crippen LogP contribution in [-0.4, -0.2) is 113 Å². The number of nitro groups is 2. The number of ether oxygens (including phenoxy) is 8. The molecule has 0 bridgehead atoms. The Morgan fingerprint density at radius 1 is 0.461 bits per heavy atom. The third-order valence-electron chi connectivity index (χ3n) is 22.9. The topological polar surface area (TPSA) is 325 Å². The number of pyridine rings is 2. The molecule has 6 aliphatic rings. The fourth-order valence-electron chi connectivity index (χ4n) is 16.0. The molecule has 14 aromatic rings. The summed E-state index contributed by atoms with van der Waals surface area (Å²) in [4.78, 5) is 64.1. The number of rotatable bonds is 21. The van der Waals surface area contributed by atoms with Crippen molar-refractivity contribution in [1.82, 2.24) is 19.9 Å². The lowest BCUT2D eigenvalue weighted by Crippen LogP contribution is -2.30. The van der Waals surface area contributed by atoms with E-state index in [2.05, 4.69) is 96.8 Å². The van der Waals surface area contributed by atoms with E-state index < -0.39 is 58.0 Å². The highest BCUT2D eigenvalue weighted by Gasteiger charge is 2.31. The van der Waals surface area contributed by atoms with Gasteiger partial charge < -0.3 is 73.4 Å². The van der Waals surface area contributed by atoms with Gasteiger partial charge in [0.05, 0.1) is 110 Å². The van der Waals surface area contributed by atoms with Crippen LogP contribution in [0.1, 0.15) is 146 Å². The van der Waals surface area contributed by atoms with Gasteiger partial charge in [-0.1, -0.05) is 212 Å². The molecule has 3 fully saturated rings. The van der Waals surface area contributed by atoms with Crippen LogP contribution in [0.5, 0.6) is 0 Å². The number of fused-ring (bicyclic) bond motifs is 2. The van der Waals surface area contributed by atoms with Gasteiger partial charge in [0.1, 0.15) is 29.7 Å². The molecule has 0 amide bonds. The van der Waals surface area contributed by atoms with Gasteiger partial charge in [-0.3, -0.25) is 20.2 Å². The van der Waals surface area contributed by atoms with Gasteiger partial charge in [-0.25, -0.2) is 37.1 Å². The molecule has 730 valence electrons. The van der Waals surface area contributed by atoms with Crippen molar-refractivity contribution in [3.05, 3.63) is 421 Å². The molecule has 0 spiro atoms. The van der Waals surface area contributed by atoms with Crippen LogP contribution in [0.4, 0.5) is 55.0 Å². The number of benzene rings is 10. The fraction of sp³-hybridized carbons (Fsp3) is 0.226. The number of hydrogen-bond acceptors (Lipinski definition) is 21. The van der Waals surface area contributed by atoms with Gasteiger partial charge in [0.25, 0.3) is 0 Å². The summed E-state index contributed by atoms with van der Waals surface area (Å²) in [6.07, 6.45) is 19.5. The van der Waals surface area contributed by atoms with E-state index in [1.807, 2.05) is 140 Å². The lowest BCUT2D eigenvalue weighted by molar-refractivity contribution is -0.387. The minimum absolute atomic E-state index is 0.0440. The van der Waals surface area contributed by atoms with Gasteiger partial charge >= 0.3 is 30.4 Å². The standard InChI is InChI=1S/C33H30FN3O3.C23H22BN3O4.2C10H10BrFO.C10H8FNO3.C10H10FNO.C6H3BrFNO2.C4H6O/c1-39-33(38)27-19-35-32(37(20-22-10-4-2-5-11-22)21-23-12-6-3-7-13-23)31-26(27)18-28(36-31)24-14-8-15-25(30(24)34)29-16-9-17-40-29;1-31-23(28)19-13-25-22(21-18(19)12-20(26-21)24(29)30)27(14-16-8-4-2-5-9-16)15-17-10-6-3-7-11-17;2*11-8-4-1-3-7(10(8)12)9-5-2-6-13-9;11-10-7(9-5-2-6-15-9)3-1-4-8(10)12(13)14;11-10-7(3-1-4-8(10)12)9-5-2-6-13-9;7-4-2-1-3-5(6(4)8)9(10)11;1-2-4-5-3-1/h2-8,10-15,18-19,29,36H,9,16-17,20-21H2,1H3;2-13,26,29-30H,14-15H2,1H3;2*1,3-4,9H,2,5-6H2;1-5,9H,6H2;1-5,9H,6,12H2;1-3H;1,3H,2,4H2. The quantitative estimate of drug-likeness (QED) is 0.00848. The maximum Gasteiger partial charge on any atom is 0.505 e. The third kappa shape index (κ3) is 28.0. The monoisotopic (exact) mass is 2120 g/mol. The smallest absolute Gasteiger partial charge is 0.501 e. The third-order valence-corrected chi connectivity index (χ3v) is 24.8. The number of nitro benzene ring substituents is 2. The van der Waals surface area contributed by atoms with Crippen LogP contribution < -0.4 is 21.1 Å². The van der Waals surface area contributed by atoms with Gasteiger partial charge in [0.15, 0.2) is 17.5 Å². The Bertz CT molecular complexity index is 6510. The Morgan fingerprint density at radius 2 is 0.844 bits per heavy atom. The summed E-state index contributed by atoms with van der Waals surface area (Å²) in [5.74, 6) is -2.50. The summed E-state index contributed by atoms with van der Waals surface area (Å²) in [5, 5.41) is 41.1. The molecule has 35 heteroatoms. The zero-order valence-electron chi connectivity index (χ0n) is 76.5. The molecule has 5 atom stereocenters. The number of nitrogens with zero attached hydrogens (tertiary/aromatic N) is 6. The highest BCUT2D eigenvalue weighted by atomic mass is 79.9. The average Bonchev–Trinajstić information content (AvgIpc) is 1.62. The fourth-order valence-corrected chi connectivity index (χ4v) is 17.1. The second-order valence-corrected chi connectivity index (χ2v) is 35.0. The predicted molar refractivity (Wildman–Crippen MR) is 538 cm³/mol. The Kier molecular flexibility index (Phi) is 38.8. The van der Waals surface area contributed by atoms with E-state index in [9.17, 15) is 61.8 Å². The first-order chi connectivity index (χ1) is 68.4. The Labute approximate surface area is 834 Å². The molecule has 4 aromatic heterocycles. The molecule has 20 rings (SSSR count). The number of nitrogens with one attached hydrogen (secondary N) is 2. The normalized spacial score (nSPS) is 16.1. The average molecular weight is 2120 g/mol. The van der Waals surface area contributed by atoms with Crippen molar-refractivity contribution in [3.8, 4) is 11.3 Å². The second kappa shape index (κ2) is 52.2. The molecule has 25 nitrogen and oxygen atoms in total. The number of hydrogen-bond donors (Lipinski definition) is 5. The van der Waals surface area contributed by atoms with Crippen molar-refractivity contribution in [2.24, 2.45) is 0 Å². The first kappa shape index (κ1) is 105. The van der Waals surface area contributed by atoms with Crippen molar-refractivity contribution < 1.29 is 93.7 Å². The molecule has 6 aliphatic heterocycles. The molecular formula is C106H99BBr3F6N9O16. The molecule has 5 unspecified atom stereocenters. The molecule has 0 aliphatic carbocycles. The number of esters is 2. The van der Waals surface area contributed by atoms with Crippen molar-refractivity contribution in [1.29, 1.82) is 0 Å². The SMILES string of the molecule is C1=COCC1.COC(=O)c1cnc(N(Cc2ccccc2)Cc2ccccc2)c2[nH]c(-c3cccc(C4CCCO4)c3F)cc12.COC(=O)c1cnc(N(Cc2ccccc2)Cc2ccccc2)c2[nH]c(B(O)O)cc12.Fc1c(Br)cccc1C1CCCO1.Fc1c(Br)cccc1C1CCCO1.Nc1cccc(C2C=CCO2)c1F.O=[N+]([O-])c1cccc(Br)c1F.O=[N+]([O-])c1cccc(C2C=CCO2)c1F. The molecule has 6 N–H and O–H groups in total. The summed E-state index contributed by atoms with van der Waals surface area (Å²) in [5.41, 5.74) is 14.5. The maximum atomic E-state index is 15.9. The van der Waals surface area contributed by atoms with Crippen molar-refractivity contribution >= 4 is 123 Å². The van der Waals surface area contributed by atoms with Crippen LogP contribution in [0, 0.1) is 55.1 Å². The highest BCUT2D eigenvalue weighted by molar-refractivity contribution is 9.11. The first-order valence-corrected chi connectivity index (χ1v) is 47.4. The number of carbonyl (C=O) groups excluding carboxylic acids is 2. The zero-order valence-corrected chi connectivity index (χ0v) is 81.2. The van der Waals surface area contributed by atoms with Crippen molar-refractivity contribution in [3.63, 3.8) is 0 Å². The minimum Gasteiger partial charge on any atom is -0.501 e. The number of H-pyrrole nitrogens is 2. The van der Waals surface area contributed by atoms with Crippen molar-refractivity contribution in [2.75, 3.05) is 69.4 Å². The van der Waals surface area contributed by atoms with Crippen molar-refractivity contribution in [2.45, 2.75) is 102 Å². The number of nitrogens with two attached hydrogens (primary N) is 1. The Morgan fingerprint density at radius 3 is 1.22 bits per heavy atom. The van der Waals surface area contributed by atoms with Gasteiger partial charge in [-0.2, -0.15) is 8.78 Å². The van der Waals surface area contributed by atoms with Crippen LogP contribution in [0.2, 0.25) is 0 Å². The van der Waals surface area contributed by atoms with Gasteiger partial charge in [0, 0.05) is 132 Å². The van der Waals surface area contributed by atoms with Crippen LogP contribution in [0.15, 0.2) is 305 Å². The van der Waals surface area contributed by atoms with Crippen LogP contribution in [0.25, 0.3) is 33.1 Å². The first-order valence-electron chi connectivity index (χ1n) is 45.0. The van der Waals surface area contributed by atoms with E-state index in [4.69, 9.17) is 48.6 Å². The number of aromatic nitrogens is 4. The van der Waals surface area contributed by atoms with E-state index in [1.165, 1.54) is 50.7 Å². The number of anilines is 3. The highest BCUT2D eigenvalue weighted by Crippen LogP contribution is 2.41. The molecule has 141 heavy (non-hydrogen) atoms. The molecule has 10 aromatic carbocycles. The summed E-state index contributed by atoms with van der Waals surface area (Å²) >= 11 is 9.16. The molecule has 3 saturated heterocycles. The number of methoxy groups -OCH3 is 2.